The van der Waals surface area contributed by atoms with Gasteiger partial charge in [-0.05, 0) is 0 Å². The average molecular weight is 168 g/mol. The van der Waals surface area contributed by atoms with Gasteiger partial charge in [-0.25, -0.2) is 0 Å². The van der Waals surface area contributed by atoms with E-state index in [0.29, 0.717) is 0 Å². The fourth-order valence-electron chi connectivity index (χ4n) is 0. The Balaban J connectivity index is 4.43. The van der Waals surface area contributed by atoms with E-state index in [9.17, 15) is 0 Å². The van der Waals surface area contributed by atoms with Crippen molar-refractivity contribution in [2.24, 2.45) is 0 Å². The second-order valence-electron chi connectivity index (χ2n) is 7.50. The van der Waals surface area contributed by atoms with Crippen LogP contribution in [0.15, 0.2) is 0 Å². The van der Waals surface area contributed by atoms with Crippen molar-refractivity contribution in [3.05, 3.63) is 0 Å². The molecule has 0 fully saturated rings. The molecule has 0 rings (SSSR count). The van der Waals surface area contributed by atoms with Crippen molar-refractivity contribution in [1.82, 2.24) is 0 Å². The van der Waals surface area contributed by atoms with Gasteiger partial charge in [-0.3, -0.25) is 0 Å². The molecule has 0 spiro atoms. The quantitative estimate of drug-likeness (QED) is 0.317. The predicted molar refractivity (Wildman–Crippen MR) is 51.3 cm³/mol. The molecule has 7 heavy (non-hydrogen) atoms. The second-order valence-corrected chi connectivity index (χ2v) is 44.4. The van der Waals surface area contributed by atoms with Crippen LogP contribution in [0.25, 0.3) is 0 Å². The third kappa shape index (κ3) is 125. The van der Waals surface area contributed by atoms with Crippen LogP contribution in [0.2, 0.25) is 0 Å². The first-order chi connectivity index (χ1) is 2.45. The Labute approximate surface area is 48.1 Å². The third-order valence-corrected chi connectivity index (χ3v) is 0. The maximum absolute atomic E-state index is 2.43. The van der Waals surface area contributed by atoms with Gasteiger partial charge in [0.2, 0.25) is 0 Å². The van der Waals surface area contributed by atoms with Crippen LogP contribution in [0, 0.1) is 0 Å². The predicted octanol–water partition coefficient (Wildman–Crippen LogP) is -5.50. The monoisotopic (exact) mass is 168 g/mol. The number of hydrogen-bond acceptors (Lipinski definition) is 0. The van der Waals surface area contributed by atoms with Crippen molar-refractivity contribution >= 4 is 32.3 Å². The van der Waals surface area contributed by atoms with Crippen LogP contribution < -0.4 is 0 Å². The second kappa shape index (κ2) is 1.08. The van der Waals surface area contributed by atoms with Crippen molar-refractivity contribution in [1.29, 1.82) is 0 Å². The van der Waals surface area contributed by atoms with Gasteiger partial charge in [0.1, 0.15) is 0 Å². The molecule has 0 N–H and O–H groups in total. The molecule has 34 valence electrons. The molecule has 0 aliphatic heterocycles. The van der Waals surface area contributed by atoms with Crippen LogP contribution in [0.4, 0.5) is 0 Å². The SMILES string of the molecule is [BH2][Zr]([BH2])([BH2])([BH2])([BH2])[BH2]. The van der Waals surface area contributed by atoms with Crippen LogP contribution in [-0.4, -0.2) is 32.3 Å². The van der Waals surface area contributed by atoms with Gasteiger partial charge in [0, 0.05) is 0 Å². The van der Waals surface area contributed by atoms with Crippen molar-refractivity contribution in [2.45, 2.75) is 0 Å². The minimum absolute atomic E-state index is 2.32. The zero-order valence-corrected chi connectivity index (χ0v) is 8.96. The van der Waals surface area contributed by atoms with Gasteiger partial charge in [-0.15, -0.1) is 0 Å². The Morgan fingerprint density at radius 3 is 0.571 bits per heavy atom. The van der Waals surface area contributed by atoms with E-state index < -0.39 is 15.9 Å². The van der Waals surface area contributed by atoms with Gasteiger partial charge in [-0.1, -0.05) is 0 Å². The molecule has 0 aromatic heterocycles. The molecule has 0 aliphatic rings. The molecule has 0 unspecified atom stereocenters. The Hall–Kier alpha value is 1.27. The molecule has 7 heteroatoms. The van der Waals surface area contributed by atoms with Gasteiger partial charge in [0.15, 0.2) is 0 Å². The summed E-state index contributed by atoms with van der Waals surface area (Å²) < 4.78 is 0. The zero-order chi connectivity index (χ0) is 6.41. The molecule has 0 saturated heterocycles. The summed E-state index contributed by atoms with van der Waals surface area (Å²) >= 11 is -2.32. The summed E-state index contributed by atoms with van der Waals surface area (Å²) in [6, 6.07) is 0. The average Bonchev–Trinajstić information content (AvgIpc) is 0.592. The molecular weight excluding hydrogens is 156 g/mol. The van der Waals surface area contributed by atoms with E-state index in [2.05, 4.69) is 32.3 Å². The standard InChI is InChI=1S/6BH2.Zr/h6*1H2;/q6*+1;-6. The van der Waals surface area contributed by atoms with Crippen molar-refractivity contribution in [3.63, 3.8) is 0 Å². The summed E-state index contributed by atoms with van der Waals surface area (Å²) in [6.07, 6.45) is 0. The van der Waals surface area contributed by atoms with Gasteiger partial charge in [0.25, 0.3) is 0 Å². The Kier molecular flexibility index (Phi) is 1.28. The maximum atomic E-state index is 2.43. The number of rotatable bonds is 0. The van der Waals surface area contributed by atoms with E-state index in [0.717, 1.165) is 0 Å². The van der Waals surface area contributed by atoms with E-state index in [-0.39, 0.29) is 0 Å². The van der Waals surface area contributed by atoms with Crippen LogP contribution >= 0.6 is 0 Å². The van der Waals surface area contributed by atoms with Crippen molar-refractivity contribution < 1.29 is 15.9 Å². The topological polar surface area (TPSA) is 0 Å². The summed E-state index contributed by atoms with van der Waals surface area (Å²) in [6.45, 7) is 0. The molecule has 0 heterocycles. The third-order valence-electron chi connectivity index (χ3n) is 0. The van der Waals surface area contributed by atoms with E-state index in [1.165, 1.54) is 0 Å². The van der Waals surface area contributed by atoms with Gasteiger partial charge < -0.3 is 0 Å². The Bertz CT molecular complexity index is 62.7. The van der Waals surface area contributed by atoms with E-state index in [1.54, 1.807) is 0 Å². The molecule has 0 aromatic rings. The molecule has 0 atom stereocenters. The first kappa shape index (κ1) is 8.27. The summed E-state index contributed by atoms with van der Waals surface area (Å²) in [5, 5.41) is 14.6. The van der Waals surface area contributed by atoms with Gasteiger partial charge >= 0.3 is 48.2 Å². The van der Waals surface area contributed by atoms with Gasteiger partial charge in [-0.2, -0.15) is 0 Å². The summed E-state index contributed by atoms with van der Waals surface area (Å²) in [5.74, 6) is 0. The van der Waals surface area contributed by atoms with Crippen molar-refractivity contribution in [3.8, 4) is 0 Å². The minimum atomic E-state index is -2.32. The molecule has 0 bridgehead atoms. The van der Waals surface area contributed by atoms with Gasteiger partial charge in [0.05, 0.1) is 0 Å². The molecule has 0 amide bonds. The van der Waals surface area contributed by atoms with Crippen LogP contribution in [0.3, 0.4) is 0 Å². The molecule has 0 aromatic carbocycles. The first-order valence-corrected chi connectivity index (χ1v) is 17.7. The zero-order valence-electron chi connectivity index (χ0n) is 6.50. The molecule has 0 radical (unpaired) electrons. The summed E-state index contributed by atoms with van der Waals surface area (Å²) in [5.41, 5.74) is 0. The Morgan fingerprint density at radius 2 is 0.571 bits per heavy atom. The van der Waals surface area contributed by atoms with E-state index in [4.69, 9.17) is 0 Å². The number of hydrogen-bond donors (Lipinski definition) is 0. The van der Waals surface area contributed by atoms with E-state index >= 15 is 0 Å². The van der Waals surface area contributed by atoms with Crippen LogP contribution in [0.5, 0.6) is 0 Å². The fourth-order valence-corrected chi connectivity index (χ4v) is 0. The van der Waals surface area contributed by atoms with Crippen LogP contribution in [0.1, 0.15) is 0 Å². The first-order valence-electron chi connectivity index (χ1n) is 3.00. The van der Waals surface area contributed by atoms with Crippen molar-refractivity contribution in [2.75, 3.05) is 0 Å². The molecule has 0 saturated carbocycles. The fraction of sp³-hybridized carbons (Fsp3) is 0. The van der Waals surface area contributed by atoms with E-state index in [1.807, 2.05) is 0 Å². The summed E-state index contributed by atoms with van der Waals surface area (Å²) in [4.78, 5) is 0. The summed E-state index contributed by atoms with van der Waals surface area (Å²) in [7, 11) is 0. The molecule has 0 aliphatic carbocycles. The Morgan fingerprint density at radius 1 is 0.571 bits per heavy atom. The molecular formula is H12B6Zr. The normalized spacial score (nSPS) is 22.3. The molecule has 0 nitrogen and oxygen atoms in total. The van der Waals surface area contributed by atoms with Crippen LogP contribution in [-0.2, 0) is 15.9 Å².